The zero-order valence-corrected chi connectivity index (χ0v) is 11.0. The number of fused-ring (bicyclic) bond motifs is 1. The summed E-state index contributed by atoms with van der Waals surface area (Å²) in [5, 5.41) is 5.71. The standard InChI is InChI=1S/C12H8ClN3OS/c1-7-6-18-12-14-10(11(15-17)16(7)12)8-2-4-9(13)5-3-8/h2-6H,1H3. The Morgan fingerprint density at radius 2 is 2.06 bits per heavy atom. The summed E-state index contributed by atoms with van der Waals surface area (Å²) in [6, 6.07) is 7.20. The zero-order valence-electron chi connectivity index (χ0n) is 9.42. The van der Waals surface area contributed by atoms with Crippen LogP contribution < -0.4 is 0 Å². The molecular formula is C12H8ClN3OS. The summed E-state index contributed by atoms with van der Waals surface area (Å²) >= 11 is 7.34. The number of imidazole rings is 1. The Morgan fingerprint density at radius 3 is 2.72 bits per heavy atom. The topological polar surface area (TPSA) is 46.7 Å². The van der Waals surface area contributed by atoms with Crippen molar-refractivity contribution in [2.24, 2.45) is 5.18 Å². The average Bonchev–Trinajstić information content (AvgIpc) is 2.91. The molecule has 0 N–H and O–H groups in total. The maximum Gasteiger partial charge on any atom is 0.210 e. The maximum atomic E-state index is 11.1. The smallest absolute Gasteiger partial charge is 0.210 e. The van der Waals surface area contributed by atoms with Gasteiger partial charge in [0, 0.05) is 21.7 Å². The van der Waals surface area contributed by atoms with Crippen molar-refractivity contribution in [2.75, 3.05) is 0 Å². The number of aryl methyl sites for hydroxylation is 1. The van der Waals surface area contributed by atoms with Crippen molar-refractivity contribution in [2.45, 2.75) is 6.92 Å². The second kappa shape index (κ2) is 4.19. The van der Waals surface area contributed by atoms with Gasteiger partial charge >= 0.3 is 0 Å². The van der Waals surface area contributed by atoms with E-state index in [4.69, 9.17) is 11.6 Å². The van der Waals surface area contributed by atoms with Crippen LogP contribution in [-0.4, -0.2) is 9.38 Å². The molecule has 0 spiro atoms. The fourth-order valence-corrected chi connectivity index (χ4v) is 2.85. The molecule has 18 heavy (non-hydrogen) atoms. The SMILES string of the molecule is Cc1csc2nc(-c3ccc(Cl)cc3)c(N=O)n12. The third-order valence-electron chi connectivity index (χ3n) is 2.71. The van der Waals surface area contributed by atoms with Gasteiger partial charge in [-0.05, 0) is 24.2 Å². The average molecular weight is 278 g/mol. The minimum absolute atomic E-state index is 0.339. The number of nitrogens with zero attached hydrogens (tertiary/aromatic N) is 3. The Morgan fingerprint density at radius 1 is 1.33 bits per heavy atom. The first-order valence-corrected chi connectivity index (χ1v) is 6.52. The van der Waals surface area contributed by atoms with Crippen LogP contribution in [0.1, 0.15) is 5.69 Å². The van der Waals surface area contributed by atoms with Crippen LogP contribution in [0.15, 0.2) is 34.8 Å². The molecule has 0 saturated heterocycles. The van der Waals surface area contributed by atoms with Crippen LogP contribution in [0.25, 0.3) is 16.2 Å². The molecule has 0 aliphatic rings. The predicted molar refractivity (Wildman–Crippen MR) is 73.7 cm³/mol. The zero-order chi connectivity index (χ0) is 12.7. The molecule has 0 amide bonds. The number of nitroso groups, excluding NO2 is 1. The highest BCUT2D eigenvalue weighted by Gasteiger charge is 2.17. The summed E-state index contributed by atoms with van der Waals surface area (Å²) in [5.41, 5.74) is 2.39. The number of hydrogen-bond donors (Lipinski definition) is 0. The van der Waals surface area contributed by atoms with Crippen molar-refractivity contribution >= 4 is 33.7 Å². The summed E-state index contributed by atoms with van der Waals surface area (Å²) < 4.78 is 1.77. The minimum atomic E-state index is 0.339. The van der Waals surface area contributed by atoms with Crippen molar-refractivity contribution in [3.05, 3.63) is 45.3 Å². The van der Waals surface area contributed by atoms with Crippen LogP contribution >= 0.6 is 22.9 Å². The molecule has 2 aromatic heterocycles. The third kappa shape index (κ3) is 1.63. The predicted octanol–water partition coefficient (Wildman–Crippen LogP) is 4.42. The van der Waals surface area contributed by atoms with Gasteiger partial charge in [-0.3, -0.25) is 4.40 Å². The van der Waals surface area contributed by atoms with Crippen molar-refractivity contribution in [3.8, 4) is 11.3 Å². The van der Waals surface area contributed by atoms with Crippen LogP contribution in [0.5, 0.6) is 0 Å². The number of benzene rings is 1. The molecule has 1 aromatic carbocycles. The number of aromatic nitrogens is 2. The highest BCUT2D eigenvalue weighted by Crippen LogP contribution is 2.34. The van der Waals surface area contributed by atoms with Gasteiger partial charge in [0.15, 0.2) is 4.96 Å². The molecule has 0 unspecified atom stereocenters. The molecule has 90 valence electrons. The summed E-state index contributed by atoms with van der Waals surface area (Å²) in [7, 11) is 0. The fourth-order valence-electron chi connectivity index (χ4n) is 1.87. The lowest BCUT2D eigenvalue weighted by molar-refractivity contribution is 1.11. The lowest BCUT2D eigenvalue weighted by Gasteiger charge is -1.98. The summed E-state index contributed by atoms with van der Waals surface area (Å²) in [4.78, 5) is 16.3. The van der Waals surface area contributed by atoms with Crippen molar-refractivity contribution < 1.29 is 0 Å². The summed E-state index contributed by atoms with van der Waals surface area (Å²) in [6.07, 6.45) is 0. The number of rotatable bonds is 2. The van der Waals surface area contributed by atoms with Gasteiger partial charge in [0.2, 0.25) is 5.82 Å². The molecule has 0 saturated carbocycles. The largest absolute Gasteiger partial charge is 0.269 e. The van der Waals surface area contributed by atoms with Crippen LogP contribution in [0, 0.1) is 11.8 Å². The van der Waals surface area contributed by atoms with Crippen LogP contribution in [0.3, 0.4) is 0 Å². The van der Waals surface area contributed by atoms with Gasteiger partial charge in [0.05, 0.1) is 0 Å². The number of halogens is 1. The molecule has 2 heterocycles. The van der Waals surface area contributed by atoms with Crippen molar-refractivity contribution in [1.82, 2.24) is 9.38 Å². The number of hydrogen-bond acceptors (Lipinski definition) is 4. The quantitative estimate of drug-likeness (QED) is 0.651. The maximum absolute atomic E-state index is 11.1. The monoisotopic (exact) mass is 277 g/mol. The highest BCUT2D eigenvalue weighted by molar-refractivity contribution is 7.15. The molecule has 0 aliphatic heterocycles. The molecule has 0 fully saturated rings. The minimum Gasteiger partial charge on any atom is -0.269 e. The fraction of sp³-hybridized carbons (Fsp3) is 0.0833. The van der Waals surface area contributed by atoms with E-state index in [0.29, 0.717) is 16.5 Å². The Kier molecular flexibility index (Phi) is 2.65. The second-order valence-corrected chi connectivity index (χ2v) is 5.15. The third-order valence-corrected chi connectivity index (χ3v) is 3.91. The van der Waals surface area contributed by atoms with E-state index in [9.17, 15) is 4.91 Å². The lowest BCUT2D eigenvalue weighted by atomic mass is 10.1. The molecule has 3 aromatic rings. The van der Waals surface area contributed by atoms with Gasteiger partial charge < -0.3 is 0 Å². The number of thiazole rings is 1. The van der Waals surface area contributed by atoms with Gasteiger partial charge in [-0.1, -0.05) is 23.7 Å². The Bertz CT molecular complexity index is 730. The van der Waals surface area contributed by atoms with E-state index >= 15 is 0 Å². The van der Waals surface area contributed by atoms with Crippen LogP contribution in [0.2, 0.25) is 5.02 Å². The van der Waals surface area contributed by atoms with Gasteiger partial charge in [0.25, 0.3) is 0 Å². The van der Waals surface area contributed by atoms with E-state index in [2.05, 4.69) is 10.2 Å². The Balaban J connectivity index is 2.28. The van der Waals surface area contributed by atoms with Gasteiger partial charge in [-0.25, -0.2) is 4.98 Å². The molecule has 3 rings (SSSR count). The first-order chi connectivity index (χ1) is 8.70. The first-order valence-electron chi connectivity index (χ1n) is 5.26. The van der Waals surface area contributed by atoms with Gasteiger partial charge in [-0.15, -0.1) is 16.2 Å². The van der Waals surface area contributed by atoms with E-state index in [1.807, 2.05) is 24.4 Å². The molecular weight excluding hydrogens is 270 g/mol. The van der Waals surface area contributed by atoms with E-state index in [1.54, 1.807) is 16.5 Å². The second-order valence-electron chi connectivity index (χ2n) is 3.88. The first kappa shape index (κ1) is 11.4. The van der Waals surface area contributed by atoms with Crippen molar-refractivity contribution in [3.63, 3.8) is 0 Å². The van der Waals surface area contributed by atoms with E-state index in [0.717, 1.165) is 16.2 Å². The summed E-state index contributed by atoms with van der Waals surface area (Å²) in [5.74, 6) is 0.339. The lowest BCUT2D eigenvalue weighted by Crippen LogP contribution is -1.82. The Labute approximate surface area is 112 Å². The van der Waals surface area contributed by atoms with Crippen molar-refractivity contribution in [1.29, 1.82) is 0 Å². The molecule has 6 heteroatoms. The van der Waals surface area contributed by atoms with Gasteiger partial charge in [0.1, 0.15) is 5.69 Å². The van der Waals surface area contributed by atoms with E-state index in [-0.39, 0.29) is 0 Å². The molecule has 0 aliphatic carbocycles. The summed E-state index contributed by atoms with van der Waals surface area (Å²) in [6.45, 7) is 1.92. The van der Waals surface area contributed by atoms with Gasteiger partial charge in [-0.2, -0.15) is 0 Å². The Hall–Kier alpha value is -1.72. The highest BCUT2D eigenvalue weighted by atomic mass is 35.5. The van der Waals surface area contributed by atoms with E-state index in [1.165, 1.54) is 11.3 Å². The van der Waals surface area contributed by atoms with Crippen LogP contribution in [0.4, 0.5) is 5.82 Å². The molecule has 0 atom stereocenters. The van der Waals surface area contributed by atoms with Crippen LogP contribution in [-0.2, 0) is 0 Å². The molecule has 0 bridgehead atoms. The normalized spacial score (nSPS) is 11.0. The van der Waals surface area contributed by atoms with E-state index < -0.39 is 0 Å². The molecule has 4 nitrogen and oxygen atoms in total. The molecule has 0 radical (unpaired) electrons.